The molecule has 2 N–H and O–H groups in total. The van der Waals surface area contributed by atoms with Crippen molar-refractivity contribution in [3.05, 3.63) is 58.6 Å². The maximum absolute atomic E-state index is 4.99. The van der Waals surface area contributed by atoms with Crippen LogP contribution in [-0.4, -0.2) is 11.4 Å². The van der Waals surface area contributed by atoms with E-state index in [1.54, 1.807) is 0 Å². The summed E-state index contributed by atoms with van der Waals surface area (Å²) in [5.74, 6) is 1.09. The van der Waals surface area contributed by atoms with E-state index in [-0.39, 0.29) is 5.54 Å². The number of halogens is 1. The molecule has 124 valence electrons. The number of nitrogens with zero attached hydrogens (tertiary/aromatic N) is 1. The van der Waals surface area contributed by atoms with E-state index in [1.807, 2.05) is 12.1 Å². The fraction of sp³-hybridized carbons (Fsp3) is 0.350. The molecule has 4 rings (SSSR count). The largest absolute Gasteiger partial charge is 0.371 e. The third-order valence-electron chi connectivity index (χ3n) is 5.07. The smallest absolute Gasteiger partial charge is 0.128 e. The fourth-order valence-electron chi connectivity index (χ4n) is 3.77. The number of fused-ring (bicyclic) bond motifs is 1. The van der Waals surface area contributed by atoms with Crippen molar-refractivity contribution < 1.29 is 0 Å². The van der Waals surface area contributed by atoms with Crippen LogP contribution >= 0.6 is 15.9 Å². The lowest BCUT2D eigenvalue weighted by molar-refractivity contribution is 0.396. The number of amidine groups is 1. The monoisotopic (exact) mass is 383 g/mol. The molecule has 0 bridgehead atoms. The van der Waals surface area contributed by atoms with Crippen LogP contribution < -0.4 is 10.6 Å². The second-order valence-electron chi connectivity index (χ2n) is 6.69. The van der Waals surface area contributed by atoms with Crippen molar-refractivity contribution in [1.82, 2.24) is 5.32 Å². The summed E-state index contributed by atoms with van der Waals surface area (Å²) in [5, 5.41) is 7.45. The van der Waals surface area contributed by atoms with Crippen LogP contribution in [0.2, 0.25) is 0 Å². The summed E-state index contributed by atoms with van der Waals surface area (Å²) in [5.41, 5.74) is 3.41. The molecule has 0 radical (unpaired) electrons. The Labute approximate surface area is 151 Å². The molecule has 2 aliphatic rings. The molecule has 0 unspecified atom stereocenters. The third-order valence-corrected chi connectivity index (χ3v) is 5.85. The van der Waals surface area contributed by atoms with Crippen LogP contribution in [0.1, 0.15) is 37.7 Å². The SMILES string of the molecule is Brc1ccccc1CNC1=Nc2ccccc2NC12CCCCC2. The summed E-state index contributed by atoms with van der Waals surface area (Å²) >= 11 is 3.64. The molecule has 1 spiro atoms. The Kier molecular flexibility index (Phi) is 4.31. The predicted octanol–water partition coefficient (Wildman–Crippen LogP) is 5.40. The zero-order valence-corrected chi connectivity index (χ0v) is 15.3. The van der Waals surface area contributed by atoms with Gasteiger partial charge in [-0.05, 0) is 36.6 Å². The standard InChI is InChI=1S/C20H22BrN3/c21-16-9-3-2-8-15(16)14-22-19-20(12-6-1-7-13-20)24-18-11-5-4-10-17(18)23-19/h2-5,8-11,24H,1,6-7,12-14H2,(H,22,23). The lowest BCUT2D eigenvalue weighted by Gasteiger charge is -2.42. The molecule has 2 aromatic rings. The molecular weight excluding hydrogens is 362 g/mol. The van der Waals surface area contributed by atoms with Gasteiger partial charge in [0.05, 0.1) is 16.9 Å². The number of para-hydroxylation sites is 2. The maximum atomic E-state index is 4.99. The molecule has 1 heterocycles. The Morgan fingerprint density at radius 1 is 1.00 bits per heavy atom. The number of aliphatic imine (C=N–C) groups is 1. The minimum atomic E-state index is -0.0339. The summed E-state index contributed by atoms with van der Waals surface area (Å²) in [7, 11) is 0. The fourth-order valence-corrected chi connectivity index (χ4v) is 4.19. The molecule has 0 aromatic heterocycles. The van der Waals surface area contributed by atoms with E-state index < -0.39 is 0 Å². The van der Waals surface area contributed by atoms with Crippen molar-refractivity contribution in [3.63, 3.8) is 0 Å². The summed E-state index contributed by atoms with van der Waals surface area (Å²) in [6.45, 7) is 0.784. The molecule has 4 heteroatoms. The summed E-state index contributed by atoms with van der Waals surface area (Å²) in [6.07, 6.45) is 6.12. The van der Waals surface area contributed by atoms with Gasteiger partial charge in [-0.3, -0.25) is 0 Å². The van der Waals surface area contributed by atoms with E-state index >= 15 is 0 Å². The molecule has 1 saturated carbocycles. The Hall–Kier alpha value is -1.81. The third kappa shape index (κ3) is 2.95. The first-order valence-corrected chi connectivity index (χ1v) is 9.50. The molecule has 1 aliphatic carbocycles. The number of anilines is 1. The van der Waals surface area contributed by atoms with Gasteiger partial charge in [-0.15, -0.1) is 0 Å². The first-order chi connectivity index (χ1) is 11.8. The van der Waals surface area contributed by atoms with Crippen LogP contribution in [0.5, 0.6) is 0 Å². The first kappa shape index (κ1) is 15.7. The number of rotatable bonds is 2. The van der Waals surface area contributed by atoms with Gasteiger partial charge in [-0.2, -0.15) is 0 Å². The molecular formula is C20H22BrN3. The van der Waals surface area contributed by atoms with Crippen molar-refractivity contribution in [1.29, 1.82) is 0 Å². The van der Waals surface area contributed by atoms with Crippen molar-refractivity contribution in [2.75, 3.05) is 5.32 Å². The van der Waals surface area contributed by atoms with Gasteiger partial charge in [-0.25, -0.2) is 4.99 Å². The maximum Gasteiger partial charge on any atom is 0.128 e. The van der Waals surface area contributed by atoms with Crippen LogP contribution in [0.25, 0.3) is 0 Å². The molecule has 0 atom stereocenters. The van der Waals surface area contributed by atoms with E-state index in [9.17, 15) is 0 Å². The Morgan fingerprint density at radius 3 is 2.58 bits per heavy atom. The molecule has 24 heavy (non-hydrogen) atoms. The summed E-state index contributed by atoms with van der Waals surface area (Å²) in [4.78, 5) is 4.99. The Balaban J connectivity index is 1.64. The summed E-state index contributed by atoms with van der Waals surface area (Å²) < 4.78 is 1.14. The zero-order valence-electron chi connectivity index (χ0n) is 13.7. The lowest BCUT2D eigenvalue weighted by Crippen LogP contribution is -2.54. The summed E-state index contributed by atoms with van der Waals surface area (Å²) in [6, 6.07) is 16.7. The van der Waals surface area contributed by atoms with Gasteiger partial charge < -0.3 is 10.6 Å². The van der Waals surface area contributed by atoms with Gasteiger partial charge in [0, 0.05) is 11.0 Å². The van der Waals surface area contributed by atoms with Crippen molar-refractivity contribution in [2.24, 2.45) is 4.99 Å². The van der Waals surface area contributed by atoms with Crippen molar-refractivity contribution >= 4 is 33.1 Å². The second kappa shape index (κ2) is 6.60. The molecule has 0 saturated heterocycles. The second-order valence-corrected chi connectivity index (χ2v) is 7.54. The van der Waals surface area contributed by atoms with Gasteiger partial charge >= 0.3 is 0 Å². The van der Waals surface area contributed by atoms with Gasteiger partial charge in [0.1, 0.15) is 5.84 Å². The molecule has 1 fully saturated rings. The highest BCUT2D eigenvalue weighted by molar-refractivity contribution is 9.10. The lowest BCUT2D eigenvalue weighted by atomic mass is 9.79. The van der Waals surface area contributed by atoms with Crippen molar-refractivity contribution in [3.8, 4) is 0 Å². The van der Waals surface area contributed by atoms with Gasteiger partial charge in [0.25, 0.3) is 0 Å². The average Bonchev–Trinajstić information content (AvgIpc) is 2.62. The first-order valence-electron chi connectivity index (χ1n) is 8.71. The van der Waals surface area contributed by atoms with Gasteiger partial charge in [0.2, 0.25) is 0 Å². The van der Waals surface area contributed by atoms with E-state index in [0.717, 1.165) is 41.1 Å². The normalized spacial score (nSPS) is 18.5. The number of nitrogens with one attached hydrogen (secondary N) is 2. The Morgan fingerprint density at radius 2 is 1.75 bits per heavy atom. The average molecular weight is 384 g/mol. The van der Waals surface area contributed by atoms with Crippen LogP contribution in [0, 0.1) is 0 Å². The van der Waals surface area contributed by atoms with Crippen LogP contribution in [0.4, 0.5) is 11.4 Å². The number of benzene rings is 2. The molecule has 0 amide bonds. The molecule has 1 aliphatic heterocycles. The van der Waals surface area contributed by atoms with E-state index in [1.165, 1.54) is 24.8 Å². The van der Waals surface area contributed by atoms with Crippen LogP contribution in [0.3, 0.4) is 0 Å². The van der Waals surface area contributed by atoms with E-state index in [2.05, 4.69) is 63.0 Å². The van der Waals surface area contributed by atoms with Crippen LogP contribution in [0.15, 0.2) is 58.0 Å². The van der Waals surface area contributed by atoms with E-state index in [4.69, 9.17) is 4.99 Å². The number of hydrogen-bond donors (Lipinski definition) is 2. The Bertz CT molecular complexity index is 763. The highest BCUT2D eigenvalue weighted by atomic mass is 79.9. The molecule has 3 nitrogen and oxygen atoms in total. The highest BCUT2D eigenvalue weighted by Gasteiger charge is 2.40. The topological polar surface area (TPSA) is 36.4 Å². The zero-order chi connectivity index (χ0) is 16.4. The van der Waals surface area contributed by atoms with Crippen molar-refractivity contribution in [2.45, 2.75) is 44.2 Å². The highest BCUT2D eigenvalue weighted by Crippen LogP contribution is 2.40. The molecule has 2 aromatic carbocycles. The quantitative estimate of drug-likeness (QED) is 0.728. The number of hydrogen-bond acceptors (Lipinski definition) is 3. The van der Waals surface area contributed by atoms with E-state index in [0.29, 0.717) is 0 Å². The predicted molar refractivity (Wildman–Crippen MR) is 104 cm³/mol. The minimum absolute atomic E-state index is 0.0339. The van der Waals surface area contributed by atoms with Gasteiger partial charge in [-0.1, -0.05) is 65.5 Å². The van der Waals surface area contributed by atoms with Gasteiger partial charge in [0.15, 0.2) is 0 Å². The minimum Gasteiger partial charge on any atom is -0.371 e. The van der Waals surface area contributed by atoms with Crippen LogP contribution in [-0.2, 0) is 6.54 Å².